The van der Waals surface area contributed by atoms with Gasteiger partial charge in [0.25, 0.3) is 0 Å². The van der Waals surface area contributed by atoms with Gasteiger partial charge in [0.2, 0.25) is 0 Å². The molecule has 0 amide bonds. The number of hydrogen-bond donors (Lipinski definition) is 1. The first-order valence-electron chi connectivity index (χ1n) is 7.16. The van der Waals surface area contributed by atoms with Gasteiger partial charge in [0.15, 0.2) is 0 Å². The summed E-state index contributed by atoms with van der Waals surface area (Å²) in [5, 5.41) is 8.64. The van der Waals surface area contributed by atoms with Gasteiger partial charge in [-0.1, -0.05) is 0 Å². The summed E-state index contributed by atoms with van der Waals surface area (Å²) in [6.45, 7) is 1.57. The molecule has 0 aliphatic carbocycles. The van der Waals surface area contributed by atoms with Crippen LogP contribution in [0.2, 0.25) is 14.8 Å². The Morgan fingerprint density at radius 2 is 1.81 bits per heavy atom. The number of hydrogen-bond acceptors (Lipinski definition) is 2. The van der Waals surface area contributed by atoms with Gasteiger partial charge in [0.1, 0.15) is 0 Å². The summed E-state index contributed by atoms with van der Waals surface area (Å²) < 4.78 is 7.09. The molecule has 0 bridgehead atoms. The van der Waals surface area contributed by atoms with Gasteiger partial charge in [-0.05, 0) is 0 Å². The van der Waals surface area contributed by atoms with Crippen LogP contribution in [-0.2, 0) is 28.4 Å². The molecular weight excluding hydrogens is 411 g/mol. The van der Waals surface area contributed by atoms with Gasteiger partial charge in [-0.15, -0.1) is 0 Å². The van der Waals surface area contributed by atoms with Crippen LogP contribution in [-0.4, -0.2) is 36.7 Å². The van der Waals surface area contributed by atoms with Gasteiger partial charge >= 0.3 is 114 Å². The molecule has 0 saturated heterocycles. The SMILES string of the molecule is [CH3][Sn]([CH3])([CH3])[c]1[cH-]ccc1COCCCO.[Fe+2].c1cc[cH-]c1. The molecule has 0 saturated carbocycles. The minimum Gasteiger partial charge on any atom is -0.214 e. The normalized spacial score (nSPS) is 10.5. The molecule has 0 aromatic heterocycles. The van der Waals surface area contributed by atoms with Gasteiger partial charge < -0.3 is 0 Å². The Balaban J connectivity index is 0.000000562. The molecule has 0 aliphatic heterocycles. The van der Waals surface area contributed by atoms with E-state index in [0.29, 0.717) is 13.2 Å². The van der Waals surface area contributed by atoms with Crippen LogP contribution in [0.4, 0.5) is 0 Å². The third kappa shape index (κ3) is 8.84. The fourth-order valence-corrected chi connectivity index (χ4v) is 6.88. The zero-order valence-electron chi connectivity index (χ0n) is 13.2. The first-order chi connectivity index (χ1) is 9.55. The van der Waals surface area contributed by atoms with Crippen molar-refractivity contribution < 1.29 is 26.9 Å². The molecular formula is C17H26FeO2Sn. The quantitative estimate of drug-likeness (QED) is 0.428. The van der Waals surface area contributed by atoms with Crippen LogP contribution in [0.15, 0.2) is 48.5 Å². The van der Waals surface area contributed by atoms with Crippen molar-refractivity contribution in [2.24, 2.45) is 0 Å². The van der Waals surface area contributed by atoms with Crippen LogP contribution in [0.5, 0.6) is 0 Å². The van der Waals surface area contributed by atoms with Gasteiger partial charge in [0.05, 0.1) is 0 Å². The third-order valence-electron chi connectivity index (χ3n) is 2.97. The number of rotatable bonds is 6. The molecule has 118 valence electrons. The summed E-state index contributed by atoms with van der Waals surface area (Å²) in [7, 11) is 0. The van der Waals surface area contributed by atoms with Crippen molar-refractivity contribution in [1.82, 2.24) is 0 Å². The summed E-state index contributed by atoms with van der Waals surface area (Å²) in [5.41, 5.74) is 1.36. The van der Waals surface area contributed by atoms with Crippen molar-refractivity contribution in [2.75, 3.05) is 13.2 Å². The molecule has 2 rings (SSSR count). The second-order valence-corrected chi connectivity index (χ2v) is 20.2. The van der Waals surface area contributed by atoms with E-state index in [1.54, 1.807) is 3.58 Å². The van der Waals surface area contributed by atoms with E-state index in [2.05, 4.69) is 33.0 Å². The molecule has 2 aromatic rings. The van der Waals surface area contributed by atoms with Crippen molar-refractivity contribution in [3.8, 4) is 0 Å². The van der Waals surface area contributed by atoms with E-state index >= 15 is 0 Å². The van der Waals surface area contributed by atoms with E-state index in [0.717, 1.165) is 6.42 Å². The molecule has 1 N–H and O–H groups in total. The van der Waals surface area contributed by atoms with Crippen molar-refractivity contribution >= 4 is 22.0 Å². The molecule has 2 nitrogen and oxygen atoms in total. The topological polar surface area (TPSA) is 29.5 Å². The van der Waals surface area contributed by atoms with Gasteiger partial charge in [-0.2, -0.15) is 18.2 Å². The minimum atomic E-state index is -1.94. The molecule has 0 radical (unpaired) electrons. The predicted molar refractivity (Wildman–Crippen MR) is 88.4 cm³/mol. The first kappa shape index (κ1) is 20.9. The van der Waals surface area contributed by atoms with Crippen LogP contribution in [0.3, 0.4) is 0 Å². The fraction of sp³-hybridized carbons (Fsp3) is 0.412. The molecule has 0 aliphatic rings. The fourth-order valence-electron chi connectivity index (χ4n) is 1.98. The average molecular weight is 437 g/mol. The monoisotopic (exact) mass is 438 g/mol. The Kier molecular flexibility index (Phi) is 11.5. The van der Waals surface area contributed by atoms with E-state index in [-0.39, 0.29) is 23.7 Å². The maximum atomic E-state index is 8.64. The zero-order chi connectivity index (χ0) is 14.8. The van der Waals surface area contributed by atoms with Crippen molar-refractivity contribution in [3.63, 3.8) is 0 Å². The van der Waals surface area contributed by atoms with Crippen LogP contribution >= 0.6 is 0 Å². The van der Waals surface area contributed by atoms with Crippen molar-refractivity contribution in [2.45, 2.75) is 27.8 Å². The predicted octanol–water partition coefficient (Wildman–Crippen LogP) is 3.25. The molecule has 0 heterocycles. The van der Waals surface area contributed by atoms with Crippen molar-refractivity contribution in [3.05, 3.63) is 54.1 Å². The molecule has 0 unspecified atom stereocenters. The summed E-state index contributed by atoms with van der Waals surface area (Å²) in [6.07, 6.45) is 0.731. The Morgan fingerprint density at radius 1 is 1.14 bits per heavy atom. The van der Waals surface area contributed by atoms with Crippen molar-refractivity contribution in [1.29, 1.82) is 0 Å². The third-order valence-corrected chi connectivity index (χ3v) is 8.98. The molecule has 0 spiro atoms. The summed E-state index contributed by atoms with van der Waals surface area (Å²) in [6, 6.07) is 16.5. The van der Waals surface area contributed by atoms with Crippen LogP contribution in [0, 0.1) is 0 Å². The average Bonchev–Trinajstić information content (AvgIpc) is 3.07. The number of aliphatic hydroxyl groups excluding tert-OH is 1. The maximum absolute atomic E-state index is 8.64. The summed E-state index contributed by atoms with van der Waals surface area (Å²) in [5.74, 6) is 0. The molecule has 0 atom stereocenters. The standard InChI is InChI=1S/C9H12O2.C5H5.3CH3.Fe.Sn/c10-6-3-7-11-8-9-4-1-2-5-9;1-2-4-5-3-1;;;;;/h1-2,4,10H,3,6-8H2;1-5H;3*1H3;;/q2*-1;;;;+2;. The minimum absolute atomic E-state index is 0. The Hall–Kier alpha value is -0.0618. The van der Waals surface area contributed by atoms with Gasteiger partial charge in [-0.25, -0.2) is 12.1 Å². The van der Waals surface area contributed by atoms with E-state index in [4.69, 9.17) is 9.84 Å². The van der Waals surface area contributed by atoms with Gasteiger partial charge in [-0.3, -0.25) is 0 Å². The van der Waals surface area contributed by atoms with Crippen LogP contribution in [0.1, 0.15) is 12.0 Å². The second-order valence-electron chi connectivity index (χ2n) is 5.81. The Bertz CT molecular complexity index is 426. The molecule has 0 fully saturated rings. The Morgan fingerprint density at radius 3 is 2.29 bits per heavy atom. The Labute approximate surface area is 143 Å². The summed E-state index contributed by atoms with van der Waals surface area (Å²) >= 11 is -1.94. The number of ether oxygens (including phenoxy) is 1. The van der Waals surface area contributed by atoms with Gasteiger partial charge in [0, 0.05) is 0 Å². The zero-order valence-corrected chi connectivity index (χ0v) is 17.1. The number of aliphatic hydroxyl groups is 1. The maximum Gasteiger partial charge on any atom is 2.00 e. The van der Waals surface area contributed by atoms with E-state index in [9.17, 15) is 0 Å². The first-order valence-corrected chi connectivity index (χ1v) is 17.1. The van der Waals surface area contributed by atoms with E-state index in [1.807, 2.05) is 30.3 Å². The van der Waals surface area contributed by atoms with E-state index in [1.165, 1.54) is 5.56 Å². The van der Waals surface area contributed by atoms with E-state index < -0.39 is 18.4 Å². The van der Waals surface area contributed by atoms with Crippen LogP contribution in [0.25, 0.3) is 0 Å². The second kappa shape index (κ2) is 11.5. The smallest absolute Gasteiger partial charge is 0.214 e. The molecule has 21 heavy (non-hydrogen) atoms. The summed E-state index contributed by atoms with van der Waals surface area (Å²) in [4.78, 5) is 7.25. The molecule has 4 heteroatoms. The van der Waals surface area contributed by atoms with Crippen LogP contribution < -0.4 is 3.58 Å². The molecule has 2 aromatic carbocycles. The largest absolute Gasteiger partial charge is 2.00 e.